The molecule has 0 aromatic rings. The highest BCUT2D eigenvalue weighted by Crippen LogP contribution is 2.20. The van der Waals surface area contributed by atoms with Crippen LogP contribution in [0.2, 0.25) is 0 Å². The highest BCUT2D eigenvalue weighted by molar-refractivity contribution is 7.91. The molecule has 0 aromatic heterocycles. The molecule has 2 fully saturated rings. The van der Waals surface area contributed by atoms with Crippen molar-refractivity contribution in [2.75, 3.05) is 18.1 Å². The third-order valence-electron chi connectivity index (χ3n) is 3.55. The van der Waals surface area contributed by atoms with Crippen LogP contribution in [0.25, 0.3) is 0 Å². The highest BCUT2D eigenvalue weighted by atomic mass is 32.2. The third-order valence-corrected chi connectivity index (χ3v) is 5.30. The summed E-state index contributed by atoms with van der Waals surface area (Å²) in [6.07, 6.45) is 1.26. The quantitative estimate of drug-likeness (QED) is 0.722. The van der Waals surface area contributed by atoms with E-state index in [4.69, 9.17) is 0 Å². The van der Waals surface area contributed by atoms with Crippen molar-refractivity contribution in [2.24, 2.45) is 0 Å². The van der Waals surface area contributed by atoms with Crippen molar-refractivity contribution in [2.45, 2.75) is 38.3 Å². The summed E-state index contributed by atoms with van der Waals surface area (Å²) in [5.41, 5.74) is 0. The molecule has 102 valence electrons. The van der Waals surface area contributed by atoms with E-state index >= 15 is 0 Å². The minimum Gasteiger partial charge on any atom is -0.344 e. The second kappa shape index (κ2) is 4.87. The molecule has 2 saturated heterocycles. The van der Waals surface area contributed by atoms with Crippen molar-refractivity contribution in [1.29, 1.82) is 0 Å². The minimum atomic E-state index is -3.02. The van der Waals surface area contributed by atoms with Gasteiger partial charge in [-0.2, -0.15) is 0 Å². The summed E-state index contributed by atoms with van der Waals surface area (Å²) in [4.78, 5) is 25.3. The zero-order valence-corrected chi connectivity index (χ0v) is 11.2. The van der Waals surface area contributed by atoms with E-state index in [2.05, 4.69) is 5.32 Å². The first-order chi connectivity index (χ1) is 8.43. The molecular weight excluding hydrogens is 256 g/mol. The fourth-order valence-electron chi connectivity index (χ4n) is 2.52. The van der Waals surface area contributed by atoms with Gasteiger partial charge in [0.05, 0.1) is 11.5 Å². The predicted molar refractivity (Wildman–Crippen MR) is 65.6 cm³/mol. The summed E-state index contributed by atoms with van der Waals surface area (Å²) in [7, 11) is -3.02. The van der Waals surface area contributed by atoms with Crippen LogP contribution in [0.1, 0.15) is 26.2 Å². The lowest BCUT2D eigenvalue weighted by molar-refractivity contribution is -0.135. The number of nitrogens with zero attached hydrogens (tertiary/aromatic N) is 1. The molecule has 2 amide bonds. The normalized spacial score (nSPS) is 32.2. The number of carbonyl (C=O) groups excluding carboxylic acids is 2. The smallest absolute Gasteiger partial charge is 0.245 e. The lowest BCUT2D eigenvalue weighted by Gasteiger charge is -2.28. The summed E-state index contributed by atoms with van der Waals surface area (Å²) < 4.78 is 22.9. The Hall–Kier alpha value is -1.11. The number of carbonyl (C=O) groups is 2. The molecule has 7 heteroatoms. The van der Waals surface area contributed by atoms with Crippen molar-refractivity contribution < 1.29 is 18.0 Å². The molecule has 2 unspecified atom stereocenters. The Morgan fingerprint density at radius 1 is 1.39 bits per heavy atom. The molecule has 0 aromatic carbocycles. The molecule has 2 aliphatic heterocycles. The molecule has 6 nitrogen and oxygen atoms in total. The van der Waals surface area contributed by atoms with Crippen molar-refractivity contribution in [1.82, 2.24) is 10.2 Å². The van der Waals surface area contributed by atoms with E-state index < -0.39 is 15.9 Å². The lowest BCUT2D eigenvalue weighted by atomic mass is 10.1. The zero-order valence-electron chi connectivity index (χ0n) is 10.4. The minimum absolute atomic E-state index is 0.0311. The SMILES string of the molecule is CCC1NC(=O)CCN(C2CCS(=O)(=O)C2)C1=O. The van der Waals surface area contributed by atoms with E-state index in [9.17, 15) is 18.0 Å². The van der Waals surface area contributed by atoms with Gasteiger partial charge >= 0.3 is 0 Å². The van der Waals surface area contributed by atoms with Crippen LogP contribution in [0.5, 0.6) is 0 Å². The van der Waals surface area contributed by atoms with Crippen LogP contribution in [0.15, 0.2) is 0 Å². The Balaban J connectivity index is 2.16. The van der Waals surface area contributed by atoms with Crippen LogP contribution in [0, 0.1) is 0 Å². The van der Waals surface area contributed by atoms with Gasteiger partial charge < -0.3 is 10.2 Å². The zero-order chi connectivity index (χ0) is 13.3. The maximum Gasteiger partial charge on any atom is 0.245 e. The largest absolute Gasteiger partial charge is 0.344 e. The van der Waals surface area contributed by atoms with Crippen LogP contribution in [0.4, 0.5) is 0 Å². The molecule has 2 rings (SSSR count). The Kier molecular flexibility index (Phi) is 3.61. The molecule has 0 radical (unpaired) electrons. The van der Waals surface area contributed by atoms with Crippen molar-refractivity contribution in [3.8, 4) is 0 Å². The fraction of sp³-hybridized carbons (Fsp3) is 0.818. The predicted octanol–water partition coefficient (Wildman–Crippen LogP) is -0.699. The number of sulfone groups is 1. The number of hydrogen-bond acceptors (Lipinski definition) is 4. The number of nitrogens with one attached hydrogen (secondary N) is 1. The molecule has 2 atom stereocenters. The highest BCUT2D eigenvalue weighted by Gasteiger charge is 2.38. The average Bonchev–Trinajstić information content (AvgIpc) is 2.58. The van der Waals surface area contributed by atoms with Gasteiger partial charge in [-0.05, 0) is 12.8 Å². The van der Waals surface area contributed by atoms with Gasteiger partial charge in [-0.1, -0.05) is 6.92 Å². The summed E-state index contributed by atoms with van der Waals surface area (Å²) in [6, 6.07) is -0.771. The van der Waals surface area contributed by atoms with Crippen LogP contribution in [0.3, 0.4) is 0 Å². The van der Waals surface area contributed by atoms with E-state index in [0.717, 1.165) is 0 Å². The molecule has 1 N–H and O–H groups in total. The number of hydrogen-bond donors (Lipinski definition) is 1. The Morgan fingerprint density at radius 2 is 2.11 bits per heavy atom. The van der Waals surface area contributed by atoms with Gasteiger partial charge in [-0.3, -0.25) is 9.59 Å². The first kappa shape index (κ1) is 13.3. The molecule has 18 heavy (non-hydrogen) atoms. The van der Waals surface area contributed by atoms with E-state index in [-0.39, 0.29) is 35.8 Å². The van der Waals surface area contributed by atoms with E-state index in [1.807, 2.05) is 6.92 Å². The Morgan fingerprint density at radius 3 is 2.67 bits per heavy atom. The number of rotatable bonds is 2. The standard InChI is InChI=1S/C11H18N2O4S/c1-2-9-11(15)13(5-3-10(14)12-9)8-4-6-18(16,17)7-8/h8-9H,2-7H2,1H3,(H,12,14). The fourth-order valence-corrected chi connectivity index (χ4v) is 4.25. The van der Waals surface area contributed by atoms with Crippen molar-refractivity contribution in [3.05, 3.63) is 0 Å². The van der Waals surface area contributed by atoms with Gasteiger partial charge in [-0.25, -0.2) is 8.42 Å². The lowest BCUT2D eigenvalue weighted by Crippen LogP contribution is -2.48. The second-order valence-corrected chi connectivity index (χ2v) is 7.10. The molecule has 0 saturated carbocycles. The molecule has 2 heterocycles. The summed E-state index contributed by atoms with van der Waals surface area (Å²) in [6.45, 7) is 2.15. The van der Waals surface area contributed by atoms with Gasteiger partial charge in [0, 0.05) is 19.0 Å². The summed E-state index contributed by atoms with van der Waals surface area (Å²) >= 11 is 0. The van der Waals surface area contributed by atoms with Crippen molar-refractivity contribution in [3.63, 3.8) is 0 Å². The van der Waals surface area contributed by atoms with E-state index in [1.54, 1.807) is 4.90 Å². The number of amides is 2. The van der Waals surface area contributed by atoms with Gasteiger partial charge in [0.15, 0.2) is 9.84 Å². The molecule has 0 aliphatic carbocycles. The first-order valence-corrected chi connectivity index (χ1v) is 8.05. The van der Waals surface area contributed by atoms with Crippen LogP contribution in [-0.2, 0) is 19.4 Å². The van der Waals surface area contributed by atoms with Crippen LogP contribution in [-0.4, -0.2) is 55.3 Å². The van der Waals surface area contributed by atoms with Crippen molar-refractivity contribution >= 4 is 21.7 Å². The Bertz CT molecular complexity index is 460. The molecule has 0 bridgehead atoms. The Labute approximate surface area is 107 Å². The monoisotopic (exact) mass is 274 g/mol. The van der Waals surface area contributed by atoms with Gasteiger partial charge in [0.1, 0.15) is 6.04 Å². The van der Waals surface area contributed by atoms with Gasteiger partial charge in [0.2, 0.25) is 11.8 Å². The maximum absolute atomic E-state index is 12.2. The molecule has 0 spiro atoms. The van der Waals surface area contributed by atoms with Gasteiger partial charge in [-0.15, -0.1) is 0 Å². The van der Waals surface area contributed by atoms with Gasteiger partial charge in [0.25, 0.3) is 0 Å². The molecular formula is C11H18N2O4S. The topological polar surface area (TPSA) is 83.6 Å². The molecule has 2 aliphatic rings. The van der Waals surface area contributed by atoms with E-state index in [0.29, 0.717) is 19.4 Å². The second-order valence-electron chi connectivity index (χ2n) is 4.87. The average molecular weight is 274 g/mol. The van der Waals surface area contributed by atoms with Crippen LogP contribution < -0.4 is 5.32 Å². The maximum atomic E-state index is 12.2. The van der Waals surface area contributed by atoms with Crippen LogP contribution >= 0.6 is 0 Å². The third kappa shape index (κ3) is 2.66. The summed E-state index contributed by atoms with van der Waals surface area (Å²) in [5.74, 6) is -0.118. The van der Waals surface area contributed by atoms with E-state index in [1.165, 1.54) is 0 Å². The first-order valence-electron chi connectivity index (χ1n) is 6.23. The summed E-state index contributed by atoms with van der Waals surface area (Å²) in [5, 5.41) is 2.67.